The molecular formula is C36H61NO7SSi2. The number of benzene rings is 2. The van der Waals surface area contributed by atoms with Crippen LogP contribution in [0, 0.1) is 5.92 Å². The molecule has 2 atom stereocenters. The smallest absolute Gasteiger partial charge is 0.407 e. The Labute approximate surface area is 287 Å². The molecule has 8 nitrogen and oxygen atoms in total. The molecule has 0 heterocycles. The molecule has 0 fully saturated rings. The monoisotopic (exact) mass is 707 g/mol. The highest BCUT2D eigenvalue weighted by atomic mass is 32.2. The zero-order valence-corrected chi connectivity index (χ0v) is 33.8. The first-order valence-corrected chi connectivity index (χ1v) is 23.3. The van der Waals surface area contributed by atoms with Crippen molar-refractivity contribution in [2.75, 3.05) is 26.1 Å². The molecule has 0 saturated heterocycles. The van der Waals surface area contributed by atoms with Crippen molar-refractivity contribution in [2.45, 2.75) is 116 Å². The third-order valence-corrected chi connectivity index (χ3v) is 18.9. The predicted octanol–water partition coefficient (Wildman–Crippen LogP) is 7.24. The van der Waals surface area contributed by atoms with Crippen molar-refractivity contribution < 1.29 is 31.0 Å². The molecular weight excluding hydrogens is 647 g/mol. The molecule has 0 spiro atoms. The fraction of sp³-hybridized carbons (Fsp3) is 0.639. The zero-order chi connectivity index (χ0) is 35.7. The molecule has 1 N–H and O–H groups in total. The number of alkyl carbamates (subject to hydrolysis) is 1. The van der Waals surface area contributed by atoms with Crippen LogP contribution >= 0.6 is 0 Å². The van der Waals surface area contributed by atoms with E-state index in [0.717, 1.165) is 16.6 Å². The summed E-state index contributed by atoms with van der Waals surface area (Å²) in [7, 11) is -8.51. The molecule has 0 aromatic heterocycles. The Morgan fingerprint density at radius 2 is 1.30 bits per heavy atom. The van der Waals surface area contributed by atoms with E-state index < -0.39 is 44.5 Å². The van der Waals surface area contributed by atoms with Gasteiger partial charge in [0.05, 0.1) is 25.5 Å². The average Bonchev–Trinajstić information content (AvgIpc) is 2.92. The quantitative estimate of drug-likeness (QED) is 0.112. The minimum absolute atomic E-state index is 0.00924. The van der Waals surface area contributed by atoms with E-state index >= 15 is 0 Å². The van der Waals surface area contributed by atoms with Crippen LogP contribution in [0.2, 0.25) is 23.2 Å². The molecule has 47 heavy (non-hydrogen) atoms. The van der Waals surface area contributed by atoms with E-state index in [1.807, 2.05) is 32.9 Å². The molecule has 1 amide bonds. The number of carbonyl (C=O) groups is 1. The molecule has 0 saturated carbocycles. The lowest BCUT2D eigenvalue weighted by molar-refractivity contribution is 0.0468. The van der Waals surface area contributed by atoms with Gasteiger partial charge in [0.25, 0.3) is 18.4 Å². The van der Waals surface area contributed by atoms with Gasteiger partial charge in [0.1, 0.15) is 5.60 Å². The van der Waals surface area contributed by atoms with Crippen molar-refractivity contribution in [3.63, 3.8) is 0 Å². The van der Waals surface area contributed by atoms with Crippen molar-refractivity contribution in [1.82, 2.24) is 5.32 Å². The number of amides is 1. The topological polar surface area (TPSA) is 100 Å². The lowest BCUT2D eigenvalue weighted by atomic mass is 9.96. The Morgan fingerprint density at radius 1 is 0.787 bits per heavy atom. The Bertz CT molecular complexity index is 1310. The second kappa shape index (κ2) is 16.6. The summed E-state index contributed by atoms with van der Waals surface area (Å²) in [5.74, 6) is 0.00924. The van der Waals surface area contributed by atoms with Crippen LogP contribution in [-0.4, -0.2) is 68.9 Å². The third-order valence-electron chi connectivity index (χ3n) is 8.80. The van der Waals surface area contributed by atoms with Gasteiger partial charge in [-0.05, 0) is 79.5 Å². The van der Waals surface area contributed by atoms with Gasteiger partial charge in [0.15, 0.2) is 8.32 Å². The normalized spacial score (nSPS) is 14.8. The SMILES string of the molecule is CC(C)(C)OC(=O)N[C@H](CO[Si](c1ccccc1)(c1ccccc1)C(C)(C)C)C[C@@H](CCCOS(C)(=O)=O)CO[Si](C)(C)C(C)(C)C. The molecule has 0 unspecified atom stereocenters. The summed E-state index contributed by atoms with van der Waals surface area (Å²) in [6.07, 6.45) is 2.32. The van der Waals surface area contributed by atoms with Crippen molar-refractivity contribution in [1.29, 1.82) is 0 Å². The van der Waals surface area contributed by atoms with Crippen LogP contribution in [0.3, 0.4) is 0 Å². The van der Waals surface area contributed by atoms with E-state index in [2.05, 4.69) is 108 Å². The molecule has 2 rings (SSSR count). The number of hydrogen-bond acceptors (Lipinski definition) is 7. The fourth-order valence-electron chi connectivity index (χ4n) is 5.43. The average molecular weight is 708 g/mol. The van der Waals surface area contributed by atoms with Crippen molar-refractivity contribution >= 4 is 43.2 Å². The molecule has 0 radical (unpaired) electrons. The molecule has 0 aliphatic heterocycles. The van der Waals surface area contributed by atoms with Crippen LogP contribution in [-0.2, 0) is 27.9 Å². The van der Waals surface area contributed by atoms with Gasteiger partial charge in [-0.25, -0.2) is 4.79 Å². The largest absolute Gasteiger partial charge is 0.444 e. The highest BCUT2D eigenvalue weighted by Gasteiger charge is 2.50. The Morgan fingerprint density at radius 3 is 1.72 bits per heavy atom. The summed E-state index contributed by atoms with van der Waals surface area (Å²) >= 11 is 0. The number of ether oxygens (including phenoxy) is 1. The van der Waals surface area contributed by atoms with Crippen LogP contribution in [0.1, 0.15) is 81.6 Å². The minimum atomic E-state index is -3.54. The first-order chi connectivity index (χ1) is 21.5. The van der Waals surface area contributed by atoms with Gasteiger partial charge < -0.3 is 18.9 Å². The summed E-state index contributed by atoms with van der Waals surface area (Å²) in [6.45, 7) is 24.1. The maximum absolute atomic E-state index is 13.2. The van der Waals surface area contributed by atoms with E-state index in [-0.39, 0.29) is 29.2 Å². The van der Waals surface area contributed by atoms with Gasteiger partial charge in [0.2, 0.25) is 0 Å². The standard InChI is InChI=1S/C36H61NO7SSi2/c1-34(2,3)44-33(38)37-30(26-29(20-19-25-41-45(10,39)40)27-42-46(11,12)35(4,5)6)28-43-47(36(7,8)9,31-21-15-13-16-22-31)32-23-17-14-18-24-32/h13-18,21-24,29-30H,19-20,25-28H2,1-12H3,(H,37,38)/t29-,30+/m1/s1. The number of carbonyl (C=O) groups excluding carboxylic acids is 1. The predicted molar refractivity (Wildman–Crippen MR) is 198 cm³/mol. The maximum Gasteiger partial charge on any atom is 0.407 e. The lowest BCUT2D eigenvalue weighted by Crippen LogP contribution is -2.67. The number of hydrogen-bond donors (Lipinski definition) is 1. The first kappa shape index (κ1) is 41.1. The van der Waals surface area contributed by atoms with Crippen molar-refractivity contribution in [2.24, 2.45) is 5.92 Å². The molecule has 0 aliphatic rings. The molecule has 2 aromatic rings. The Balaban J connectivity index is 2.51. The van der Waals surface area contributed by atoms with E-state index in [9.17, 15) is 13.2 Å². The van der Waals surface area contributed by atoms with Crippen LogP contribution in [0.25, 0.3) is 0 Å². The van der Waals surface area contributed by atoms with E-state index in [4.69, 9.17) is 17.8 Å². The summed E-state index contributed by atoms with van der Waals surface area (Å²) in [5.41, 5.74) is -0.665. The zero-order valence-electron chi connectivity index (χ0n) is 30.9. The van der Waals surface area contributed by atoms with Gasteiger partial charge >= 0.3 is 6.09 Å². The summed E-state index contributed by atoms with van der Waals surface area (Å²) in [4.78, 5) is 13.2. The highest BCUT2D eigenvalue weighted by molar-refractivity contribution is 7.85. The second-order valence-corrected chi connectivity index (χ2v) is 26.9. The summed E-state index contributed by atoms with van der Waals surface area (Å²) in [6, 6.07) is 20.5. The van der Waals surface area contributed by atoms with Crippen LogP contribution in [0.4, 0.5) is 4.79 Å². The van der Waals surface area contributed by atoms with Crippen LogP contribution < -0.4 is 15.7 Å². The Kier molecular flexibility index (Phi) is 14.5. The van der Waals surface area contributed by atoms with Crippen molar-refractivity contribution in [3.8, 4) is 0 Å². The van der Waals surface area contributed by atoms with Crippen LogP contribution in [0.15, 0.2) is 60.7 Å². The Hall–Kier alpha value is -2.03. The van der Waals surface area contributed by atoms with Gasteiger partial charge in [-0.1, -0.05) is 102 Å². The molecule has 0 bridgehead atoms. The molecule has 11 heteroatoms. The summed E-state index contributed by atoms with van der Waals surface area (Å²) < 4.78 is 48.0. The lowest BCUT2D eigenvalue weighted by Gasteiger charge is -2.44. The van der Waals surface area contributed by atoms with Gasteiger partial charge in [-0.3, -0.25) is 4.18 Å². The third kappa shape index (κ3) is 13.1. The summed E-state index contributed by atoms with van der Waals surface area (Å²) in [5, 5.41) is 5.24. The van der Waals surface area contributed by atoms with Crippen molar-refractivity contribution in [3.05, 3.63) is 60.7 Å². The second-order valence-electron chi connectivity index (χ2n) is 16.2. The molecule has 0 aliphatic carbocycles. The van der Waals surface area contributed by atoms with Gasteiger partial charge in [-0.2, -0.15) is 8.42 Å². The van der Waals surface area contributed by atoms with Gasteiger partial charge in [-0.15, -0.1) is 0 Å². The number of nitrogens with one attached hydrogen (secondary N) is 1. The van der Waals surface area contributed by atoms with E-state index in [1.165, 1.54) is 0 Å². The van der Waals surface area contributed by atoms with E-state index in [0.29, 0.717) is 25.9 Å². The van der Waals surface area contributed by atoms with Crippen LogP contribution in [0.5, 0.6) is 0 Å². The van der Waals surface area contributed by atoms with Gasteiger partial charge in [0, 0.05) is 6.61 Å². The number of rotatable bonds is 16. The van der Waals surface area contributed by atoms with E-state index in [1.54, 1.807) is 0 Å². The molecule has 2 aromatic carbocycles. The molecule has 266 valence electrons. The minimum Gasteiger partial charge on any atom is -0.444 e. The fourth-order valence-corrected chi connectivity index (χ4v) is 11.5. The first-order valence-electron chi connectivity index (χ1n) is 16.7. The maximum atomic E-state index is 13.2. The highest BCUT2D eigenvalue weighted by Crippen LogP contribution is 2.38.